The third-order valence-electron chi connectivity index (χ3n) is 8.28. The molecule has 2 aliphatic heterocycles. The Morgan fingerprint density at radius 3 is 2.44 bits per heavy atom. The van der Waals surface area contributed by atoms with Crippen molar-refractivity contribution >= 4 is 27.7 Å². The molecule has 0 aliphatic carbocycles. The fourth-order valence-electron chi connectivity index (χ4n) is 5.44. The van der Waals surface area contributed by atoms with Crippen LogP contribution in [-0.2, 0) is 32.2 Å². The monoisotopic (exact) mass is 691 g/mol. The second kappa shape index (κ2) is 14.4. The van der Waals surface area contributed by atoms with Gasteiger partial charge in [0.05, 0.1) is 34.8 Å². The highest BCUT2D eigenvalue weighted by molar-refractivity contribution is 7.89. The summed E-state index contributed by atoms with van der Waals surface area (Å²) in [4.78, 5) is 26.8. The van der Waals surface area contributed by atoms with Crippen molar-refractivity contribution in [2.45, 2.75) is 56.0 Å². The van der Waals surface area contributed by atoms with Crippen LogP contribution in [0.25, 0.3) is 0 Å². The summed E-state index contributed by atoms with van der Waals surface area (Å²) in [6.07, 6.45) is -8.14. The van der Waals surface area contributed by atoms with Gasteiger partial charge in [0.25, 0.3) is 5.91 Å². The lowest BCUT2D eigenvalue weighted by Gasteiger charge is -2.31. The van der Waals surface area contributed by atoms with E-state index in [1.165, 1.54) is 30.3 Å². The smallest absolute Gasteiger partial charge is 0.418 e. The minimum atomic E-state index is -4.76. The van der Waals surface area contributed by atoms with Gasteiger partial charge in [-0.25, -0.2) is 13.2 Å². The Labute approximate surface area is 276 Å². The van der Waals surface area contributed by atoms with E-state index in [9.17, 15) is 36.3 Å². The van der Waals surface area contributed by atoms with Crippen molar-refractivity contribution in [1.82, 2.24) is 9.62 Å². The van der Waals surface area contributed by atoms with Gasteiger partial charge in [-0.3, -0.25) is 9.69 Å². The molecule has 48 heavy (non-hydrogen) atoms. The summed E-state index contributed by atoms with van der Waals surface area (Å²) >= 11 is 0. The van der Waals surface area contributed by atoms with Crippen LogP contribution in [0.15, 0.2) is 77.7 Å². The summed E-state index contributed by atoms with van der Waals surface area (Å²) in [5.41, 5.74) is -0.816. The molecule has 11 nitrogen and oxygen atoms in total. The Morgan fingerprint density at radius 2 is 1.73 bits per heavy atom. The number of cyclic esters (lactones) is 1. The van der Waals surface area contributed by atoms with Crippen molar-refractivity contribution in [3.8, 4) is 11.5 Å². The second-order valence-electron chi connectivity index (χ2n) is 11.7. The van der Waals surface area contributed by atoms with Crippen molar-refractivity contribution < 1.29 is 50.5 Å². The van der Waals surface area contributed by atoms with Crippen LogP contribution in [0.3, 0.4) is 0 Å². The third kappa shape index (κ3) is 7.85. The zero-order chi connectivity index (χ0) is 34.6. The number of aliphatic hydroxyl groups is 1. The van der Waals surface area contributed by atoms with Crippen molar-refractivity contribution in [1.29, 1.82) is 0 Å². The maximum Gasteiger partial charge on any atom is 0.418 e. The molecule has 5 rings (SSSR count). The van der Waals surface area contributed by atoms with Gasteiger partial charge in [0.1, 0.15) is 0 Å². The van der Waals surface area contributed by atoms with Gasteiger partial charge in [-0.15, -0.1) is 0 Å². The van der Waals surface area contributed by atoms with E-state index in [0.717, 1.165) is 21.3 Å². The zero-order valence-electron chi connectivity index (χ0n) is 26.2. The predicted molar refractivity (Wildman–Crippen MR) is 168 cm³/mol. The number of alkyl halides is 3. The lowest BCUT2D eigenvalue weighted by Crippen LogP contribution is -2.53. The molecule has 15 heteroatoms. The number of sulfonamides is 1. The van der Waals surface area contributed by atoms with Gasteiger partial charge in [0.15, 0.2) is 17.6 Å². The normalized spacial score (nSPS) is 18.0. The number of nitrogens with zero attached hydrogens (tertiary/aromatic N) is 2. The average Bonchev–Trinajstić information content (AvgIpc) is 3.70. The fraction of sp³-hybridized carbons (Fsp3) is 0.394. The number of nitrogens with one attached hydrogen (secondary N) is 1. The standard InChI is InChI=1S/C33H36F3N3O8S/c1-3-21(2)17-38(48(43,44)23-13-14-28-29(16-23)46-20-45-28)18-27(40)25(15-22-9-5-4-6-10-22)37-31(41)30-19-39(32(42)47-30)26-12-8-7-11-24(26)33(34,35)36/h4-14,16,21,25,27,30,40H,3,15,17-20H2,1-2H3,(H,37,41)/t21-,25-,27+,30-/m0/s1. The van der Waals surface area contributed by atoms with E-state index in [1.54, 1.807) is 30.3 Å². The molecule has 3 aromatic carbocycles. The molecule has 0 radical (unpaired) electrons. The van der Waals surface area contributed by atoms with Gasteiger partial charge in [-0.1, -0.05) is 62.7 Å². The van der Waals surface area contributed by atoms with Crippen LogP contribution in [0.2, 0.25) is 0 Å². The first-order valence-corrected chi connectivity index (χ1v) is 16.8. The number of carbonyl (C=O) groups excluding carboxylic acids is 2. The number of aliphatic hydroxyl groups excluding tert-OH is 1. The van der Waals surface area contributed by atoms with E-state index in [4.69, 9.17) is 14.2 Å². The highest BCUT2D eigenvalue weighted by Crippen LogP contribution is 2.38. The maximum absolute atomic E-state index is 13.9. The van der Waals surface area contributed by atoms with Crippen LogP contribution in [-0.4, -0.2) is 74.5 Å². The summed E-state index contributed by atoms with van der Waals surface area (Å²) in [6.45, 7) is 2.88. The summed E-state index contributed by atoms with van der Waals surface area (Å²) in [5, 5.41) is 14.3. The quantitative estimate of drug-likeness (QED) is 0.266. The van der Waals surface area contributed by atoms with Gasteiger partial charge < -0.3 is 24.6 Å². The molecule has 3 aromatic rings. The van der Waals surface area contributed by atoms with Gasteiger partial charge in [-0.2, -0.15) is 17.5 Å². The van der Waals surface area contributed by atoms with Crippen molar-refractivity contribution in [3.05, 3.63) is 83.9 Å². The molecular weight excluding hydrogens is 655 g/mol. The van der Waals surface area contributed by atoms with Gasteiger partial charge in [-0.05, 0) is 42.2 Å². The van der Waals surface area contributed by atoms with Crippen molar-refractivity contribution in [3.63, 3.8) is 0 Å². The molecular formula is C33H36F3N3O8S. The van der Waals surface area contributed by atoms with Gasteiger partial charge in [0.2, 0.25) is 16.8 Å². The molecule has 2 aliphatic rings. The Balaban J connectivity index is 1.38. The minimum Gasteiger partial charge on any atom is -0.454 e. The Bertz CT molecular complexity index is 1720. The SMILES string of the molecule is CC[C@H](C)CN(C[C@@H](O)[C@H](Cc1ccccc1)NC(=O)[C@@H]1CN(c2ccccc2C(F)(F)F)C(=O)O1)S(=O)(=O)c1ccc2c(c1)OCO2. The van der Waals surface area contributed by atoms with Crippen LogP contribution in [0, 0.1) is 5.92 Å². The Hall–Kier alpha value is -4.34. The van der Waals surface area contributed by atoms with Crippen LogP contribution < -0.4 is 19.7 Å². The Kier molecular flexibility index (Phi) is 10.5. The number of hydrogen-bond acceptors (Lipinski definition) is 8. The summed E-state index contributed by atoms with van der Waals surface area (Å²) in [7, 11) is -4.18. The number of anilines is 1. The molecule has 4 atom stereocenters. The number of hydrogen-bond donors (Lipinski definition) is 2. The molecule has 0 aromatic heterocycles. The number of rotatable bonds is 13. The second-order valence-corrected chi connectivity index (χ2v) is 13.7. The number of ether oxygens (including phenoxy) is 3. The number of fused-ring (bicyclic) bond motifs is 1. The van der Waals surface area contributed by atoms with Crippen LogP contribution in [0.5, 0.6) is 11.5 Å². The van der Waals surface area contributed by atoms with E-state index in [2.05, 4.69) is 5.32 Å². The van der Waals surface area contributed by atoms with Gasteiger partial charge in [0, 0.05) is 19.2 Å². The lowest BCUT2D eigenvalue weighted by atomic mass is 10.0. The number of benzene rings is 3. The molecule has 1 saturated heterocycles. The van der Waals surface area contributed by atoms with Crippen LogP contribution >= 0.6 is 0 Å². The van der Waals surface area contributed by atoms with Gasteiger partial charge >= 0.3 is 12.3 Å². The zero-order valence-corrected chi connectivity index (χ0v) is 27.0. The third-order valence-corrected chi connectivity index (χ3v) is 10.1. The van der Waals surface area contributed by atoms with E-state index in [1.807, 2.05) is 13.8 Å². The summed E-state index contributed by atoms with van der Waals surface area (Å²) < 4.78 is 85.8. The van der Waals surface area contributed by atoms with Crippen molar-refractivity contribution in [2.24, 2.45) is 5.92 Å². The molecule has 0 spiro atoms. The summed E-state index contributed by atoms with van der Waals surface area (Å²) in [5.74, 6) is -0.275. The van der Waals surface area contributed by atoms with E-state index < -0.39 is 70.8 Å². The molecule has 1 fully saturated rings. The van der Waals surface area contributed by atoms with E-state index in [0.29, 0.717) is 17.7 Å². The Morgan fingerprint density at radius 1 is 1.04 bits per heavy atom. The number of halogens is 3. The molecule has 0 bridgehead atoms. The number of carbonyl (C=O) groups is 2. The molecule has 2 heterocycles. The van der Waals surface area contributed by atoms with Crippen molar-refractivity contribution in [2.75, 3.05) is 31.3 Å². The lowest BCUT2D eigenvalue weighted by molar-refractivity contribution is -0.137. The molecule has 0 unspecified atom stereocenters. The predicted octanol–water partition coefficient (Wildman–Crippen LogP) is 4.58. The van der Waals surface area contributed by atoms with Crippen LogP contribution in [0.1, 0.15) is 31.4 Å². The first kappa shape index (κ1) is 35.0. The first-order valence-electron chi connectivity index (χ1n) is 15.3. The van der Waals surface area contributed by atoms with Crippen LogP contribution in [0.4, 0.5) is 23.7 Å². The minimum absolute atomic E-state index is 0.0437. The van der Waals surface area contributed by atoms with E-state index in [-0.39, 0.29) is 36.3 Å². The highest BCUT2D eigenvalue weighted by atomic mass is 32.2. The first-order chi connectivity index (χ1) is 22.8. The molecule has 2 N–H and O–H groups in total. The van der Waals surface area contributed by atoms with E-state index >= 15 is 0 Å². The molecule has 2 amide bonds. The molecule has 258 valence electrons. The molecule has 0 saturated carbocycles. The highest BCUT2D eigenvalue weighted by Gasteiger charge is 2.43. The largest absolute Gasteiger partial charge is 0.454 e. The average molecular weight is 692 g/mol. The topological polar surface area (TPSA) is 135 Å². The number of para-hydroxylation sites is 1. The fourth-order valence-corrected chi connectivity index (χ4v) is 7.04. The number of amides is 2. The summed E-state index contributed by atoms with van der Waals surface area (Å²) in [6, 6.07) is 16.4. The maximum atomic E-state index is 13.9.